The smallest absolute Gasteiger partial charge is 0.0867 e. The molecule has 0 heterocycles. The lowest BCUT2D eigenvalue weighted by Crippen LogP contribution is -2.18. The fourth-order valence-electron chi connectivity index (χ4n) is 1.48. The van der Waals surface area contributed by atoms with Gasteiger partial charge in [-0.2, -0.15) is 0 Å². The molecule has 1 aromatic rings. The molecular weight excluding hydrogens is 246 g/mol. The molecule has 0 aliphatic carbocycles. The molecule has 1 unspecified atom stereocenters. The first kappa shape index (κ1) is 15.3. The van der Waals surface area contributed by atoms with E-state index in [4.69, 9.17) is 10.5 Å². The van der Waals surface area contributed by atoms with Crippen LogP contribution in [0.25, 0.3) is 0 Å². The van der Waals surface area contributed by atoms with Crippen LogP contribution in [0.5, 0.6) is 0 Å². The number of unbranched alkanes of at least 4 members (excludes halogenated alkanes) is 1. The average Bonchev–Trinajstić information content (AvgIpc) is 2.36. The zero-order valence-corrected chi connectivity index (χ0v) is 12.0. The van der Waals surface area contributed by atoms with Crippen molar-refractivity contribution in [2.75, 3.05) is 24.7 Å². The highest BCUT2D eigenvalue weighted by molar-refractivity contribution is 7.99. The molecular formula is C14H23NO2S. The molecule has 0 radical (unpaired) electrons. The molecule has 0 saturated heterocycles. The summed E-state index contributed by atoms with van der Waals surface area (Å²) in [5.41, 5.74) is 7.86. The van der Waals surface area contributed by atoms with Crippen LogP contribution in [0.1, 0.15) is 25.3 Å². The molecule has 0 spiro atoms. The number of aliphatic hydroxyl groups excluding tert-OH is 1. The summed E-state index contributed by atoms with van der Waals surface area (Å²) in [7, 11) is 0. The average molecular weight is 269 g/mol. The molecule has 3 nitrogen and oxygen atoms in total. The second kappa shape index (κ2) is 8.40. The Morgan fingerprint density at radius 3 is 2.94 bits per heavy atom. The van der Waals surface area contributed by atoms with Gasteiger partial charge in [0.1, 0.15) is 0 Å². The van der Waals surface area contributed by atoms with E-state index in [9.17, 15) is 5.11 Å². The third-order valence-corrected chi connectivity index (χ3v) is 3.89. The van der Waals surface area contributed by atoms with Gasteiger partial charge in [-0.15, -0.1) is 11.8 Å². The first-order chi connectivity index (χ1) is 8.65. The van der Waals surface area contributed by atoms with Crippen molar-refractivity contribution in [3.05, 3.63) is 23.8 Å². The summed E-state index contributed by atoms with van der Waals surface area (Å²) in [4.78, 5) is 1.03. The number of anilines is 1. The molecule has 3 N–H and O–H groups in total. The van der Waals surface area contributed by atoms with Crippen molar-refractivity contribution in [2.45, 2.75) is 37.7 Å². The Kier molecular flexibility index (Phi) is 7.16. The van der Waals surface area contributed by atoms with E-state index in [2.05, 4.69) is 6.92 Å². The zero-order chi connectivity index (χ0) is 13.4. The van der Waals surface area contributed by atoms with Crippen molar-refractivity contribution >= 4 is 17.4 Å². The van der Waals surface area contributed by atoms with E-state index in [1.807, 2.05) is 25.1 Å². The maximum absolute atomic E-state index is 9.78. The van der Waals surface area contributed by atoms with Crippen LogP contribution in [0.4, 0.5) is 5.69 Å². The van der Waals surface area contributed by atoms with Crippen LogP contribution in [-0.2, 0) is 4.74 Å². The zero-order valence-electron chi connectivity index (χ0n) is 11.2. The largest absolute Gasteiger partial charge is 0.398 e. The molecule has 0 aromatic heterocycles. The predicted octanol–water partition coefficient (Wildman–Crippen LogP) is 2.85. The maximum Gasteiger partial charge on any atom is 0.0867 e. The van der Waals surface area contributed by atoms with Crippen molar-refractivity contribution in [1.82, 2.24) is 0 Å². The number of benzene rings is 1. The van der Waals surface area contributed by atoms with Gasteiger partial charge in [-0.25, -0.2) is 0 Å². The summed E-state index contributed by atoms with van der Waals surface area (Å²) >= 11 is 1.58. The third kappa shape index (κ3) is 5.29. The van der Waals surface area contributed by atoms with Crippen LogP contribution in [-0.4, -0.2) is 30.2 Å². The quantitative estimate of drug-likeness (QED) is 0.433. The van der Waals surface area contributed by atoms with Crippen LogP contribution in [0.15, 0.2) is 23.1 Å². The van der Waals surface area contributed by atoms with Crippen molar-refractivity contribution < 1.29 is 9.84 Å². The molecule has 18 heavy (non-hydrogen) atoms. The number of para-hydroxylation sites is 1. The van der Waals surface area contributed by atoms with E-state index in [0.717, 1.165) is 35.6 Å². The van der Waals surface area contributed by atoms with Gasteiger partial charge in [0.25, 0.3) is 0 Å². The Labute approximate surface area is 114 Å². The van der Waals surface area contributed by atoms with Crippen LogP contribution >= 0.6 is 11.8 Å². The summed E-state index contributed by atoms with van der Waals surface area (Å²) in [6.45, 7) is 5.24. The minimum absolute atomic E-state index is 0.402. The molecule has 0 aliphatic heterocycles. The lowest BCUT2D eigenvalue weighted by Gasteiger charge is -2.12. The Hall–Kier alpha value is -0.710. The monoisotopic (exact) mass is 269 g/mol. The fraction of sp³-hybridized carbons (Fsp3) is 0.571. The molecule has 4 heteroatoms. The number of nitrogens with two attached hydrogens (primary N) is 1. The van der Waals surface area contributed by atoms with Gasteiger partial charge < -0.3 is 15.6 Å². The predicted molar refractivity (Wildman–Crippen MR) is 78.0 cm³/mol. The van der Waals surface area contributed by atoms with Crippen molar-refractivity contribution in [1.29, 1.82) is 0 Å². The lowest BCUT2D eigenvalue weighted by molar-refractivity contribution is 0.0473. The second-order valence-corrected chi connectivity index (χ2v) is 5.44. The number of aryl methyl sites for hydroxylation is 1. The minimum Gasteiger partial charge on any atom is -0.398 e. The summed E-state index contributed by atoms with van der Waals surface area (Å²) in [5, 5.41) is 9.78. The number of ether oxygens (including phenoxy) is 1. The number of hydrogen-bond acceptors (Lipinski definition) is 4. The van der Waals surface area contributed by atoms with Crippen molar-refractivity contribution in [3.63, 3.8) is 0 Å². The first-order valence-corrected chi connectivity index (χ1v) is 7.37. The van der Waals surface area contributed by atoms with Gasteiger partial charge >= 0.3 is 0 Å². The molecule has 0 bridgehead atoms. The molecule has 0 aliphatic rings. The topological polar surface area (TPSA) is 55.5 Å². The van der Waals surface area contributed by atoms with E-state index >= 15 is 0 Å². The highest BCUT2D eigenvalue weighted by atomic mass is 32.2. The molecule has 0 fully saturated rings. The molecule has 1 atom stereocenters. The van der Waals surface area contributed by atoms with Gasteiger partial charge in [-0.3, -0.25) is 0 Å². The number of aliphatic hydroxyl groups is 1. The van der Waals surface area contributed by atoms with Crippen molar-refractivity contribution in [2.24, 2.45) is 0 Å². The van der Waals surface area contributed by atoms with E-state index in [-0.39, 0.29) is 0 Å². The highest BCUT2D eigenvalue weighted by Gasteiger charge is 2.08. The third-order valence-electron chi connectivity index (χ3n) is 2.67. The van der Waals surface area contributed by atoms with Gasteiger partial charge in [0, 0.05) is 22.9 Å². The SMILES string of the molecule is CCCCOCC(O)CSc1cccc(C)c1N. The van der Waals surface area contributed by atoms with Gasteiger partial charge in [0.2, 0.25) is 0 Å². The van der Waals surface area contributed by atoms with Gasteiger partial charge in [0.15, 0.2) is 0 Å². The maximum atomic E-state index is 9.78. The number of nitrogen functional groups attached to an aromatic ring is 1. The van der Waals surface area contributed by atoms with E-state index in [1.54, 1.807) is 11.8 Å². The minimum atomic E-state index is -0.438. The standard InChI is InChI=1S/C14H23NO2S/c1-3-4-8-17-9-12(16)10-18-13-7-5-6-11(2)14(13)15/h5-7,12,16H,3-4,8-10,15H2,1-2H3. The van der Waals surface area contributed by atoms with Gasteiger partial charge in [0.05, 0.1) is 12.7 Å². The van der Waals surface area contributed by atoms with Crippen LogP contribution in [0.2, 0.25) is 0 Å². The summed E-state index contributed by atoms with van der Waals surface area (Å²) in [6.07, 6.45) is 1.72. The van der Waals surface area contributed by atoms with Gasteiger partial charge in [-0.05, 0) is 25.0 Å². The lowest BCUT2D eigenvalue weighted by atomic mass is 10.2. The highest BCUT2D eigenvalue weighted by Crippen LogP contribution is 2.27. The second-order valence-electron chi connectivity index (χ2n) is 4.38. The number of rotatable bonds is 8. The first-order valence-electron chi connectivity index (χ1n) is 6.38. The molecule has 0 amide bonds. The van der Waals surface area contributed by atoms with E-state index in [0.29, 0.717) is 12.4 Å². The van der Waals surface area contributed by atoms with Crippen molar-refractivity contribution in [3.8, 4) is 0 Å². The normalized spacial score (nSPS) is 12.6. The number of hydrogen-bond donors (Lipinski definition) is 2. The van der Waals surface area contributed by atoms with Gasteiger partial charge in [-0.1, -0.05) is 25.5 Å². The fourth-order valence-corrected chi connectivity index (χ4v) is 2.44. The molecule has 102 valence electrons. The van der Waals surface area contributed by atoms with E-state index in [1.165, 1.54) is 0 Å². The Bertz CT molecular complexity index is 358. The summed E-state index contributed by atoms with van der Waals surface area (Å²) in [5.74, 6) is 0.611. The molecule has 0 saturated carbocycles. The van der Waals surface area contributed by atoms with Crippen LogP contribution in [0.3, 0.4) is 0 Å². The molecule has 1 aromatic carbocycles. The Balaban J connectivity index is 2.29. The Morgan fingerprint density at radius 1 is 1.44 bits per heavy atom. The van der Waals surface area contributed by atoms with Crippen LogP contribution < -0.4 is 5.73 Å². The summed E-state index contributed by atoms with van der Waals surface area (Å²) < 4.78 is 5.38. The Morgan fingerprint density at radius 2 is 2.22 bits per heavy atom. The summed E-state index contributed by atoms with van der Waals surface area (Å²) in [6, 6.07) is 5.96. The van der Waals surface area contributed by atoms with E-state index < -0.39 is 6.10 Å². The number of thioether (sulfide) groups is 1. The van der Waals surface area contributed by atoms with Crippen LogP contribution in [0, 0.1) is 6.92 Å². The molecule has 1 rings (SSSR count).